The lowest BCUT2D eigenvalue weighted by atomic mass is 9.77. The monoisotopic (exact) mass is 1060 g/mol. The van der Waals surface area contributed by atoms with Crippen LogP contribution in [0.1, 0.15) is 99.3 Å². The molecular weight excluding hydrogens is 993 g/mol. The van der Waals surface area contributed by atoms with E-state index in [9.17, 15) is 43.2 Å². The summed E-state index contributed by atoms with van der Waals surface area (Å²) < 4.78 is 59.6. The van der Waals surface area contributed by atoms with E-state index in [0.29, 0.717) is 84.2 Å². The first-order valence-corrected chi connectivity index (χ1v) is 26.7. The Morgan fingerprint density at radius 1 is 0.539 bits per heavy atom. The van der Waals surface area contributed by atoms with Gasteiger partial charge < -0.3 is 52.1 Å². The van der Waals surface area contributed by atoms with Crippen molar-refractivity contribution in [3.63, 3.8) is 0 Å². The molecule has 22 unspecified atom stereocenters. The fourth-order valence-electron chi connectivity index (χ4n) is 13.8. The van der Waals surface area contributed by atoms with Crippen LogP contribution < -0.4 is 0 Å². The Bertz CT molecular complexity index is 2460. The number of ketones is 2. The van der Waals surface area contributed by atoms with E-state index < -0.39 is 30.1 Å². The molecular formula is C56H70O20. The van der Waals surface area contributed by atoms with Crippen LogP contribution in [0, 0.1) is 53.3 Å². The molecule has 2 saturated carbocycles. The van der Waals surface area contributed by atoms with Gasteiger partial charge in [-0.25, -0.2) is 19.2 Å². The maximum atomic E-state index is 11.8. The minimum absolute atomic E-state index is 0.0376. The van der Waals surface area contributed by atoms with Crippen LogP contribution in [0.3, 0.4) is 0 Å². The maximum Gasteiger partial charge on any atom is 0.333 e. The molecule has 12 fully saturated rings. The lowest BCUT2D eigenvalue weighted by molar-refractivity contribution is -0.162. The van der Waals surface area contributed by atoms with Crippen LogP contribution in [-0.2, 0) is 95.3 Å². The van der Waals surface area contributed by atoms with Gasteiger partial charge in [-0.15, -0.1) is 0 Å². The van der Waals surface area contributed by atoms with Gasteiger partial charge in [-0.1, -0.05) is 26.3 Å². The molecule has 0 radical (unpaired) electrons. The third kappa shape index (κ3) is 10.7. The predicted molar refractivity (Wildman–Crippen MR) is 260 cm³/mol. The molecule has 12 rings (SSSR count). The average Bonchev–Trinajstić information content (AvgIpc) is 4.28. The summed E-state index contributed by atoms with van der Waals surface area (Å²) in [5, 5.41) is 0. The van der Waals surface area contributed by atoms with Gasteiger partial charge in [-0.3, -0.25) is 24.0 Å². The fraction of sp³-hybridized carbons (Fsp3) is 0.696. The van der Waals surface area contributed by atoms with Gasteiger partial charge in [0.25, 0.3) is 0 Å². The van der Waals surface area contributed by atoms with Crippen LogP contribution in [0.15, 0.2) is 48.6 Å². The van der Waals surface area contributed by atoms with Gasteiger partial charge in [0, 0.05) is 47.0 Å². The largest absolute Gasteiger partial charge is 0.462 e. The van der Waals surface area contributed by atoms with Crippen molar-refractivity contribution in [2.45, 2.75) is 179 Å². The molecule has 0 aromatic heterocycles. The highest BCUT2D eigenvalue weighted by Gasteiger charge is 2.67. The van der Waals surface area contributed by atoms with Crippen molar-refractivity contribution in [2.75, 3.05) is 13.2 Å². The summed E-state index contributed by atoms with van der Waals surface area (Å²) in [4.78, 5) is 104. The molecule has 0 spiro atoms. The van der Waals surface area contributed by atoms with Crippen molar-refractivity contribution in [1.82, 2.24) is 0 Å². The third-order valence-electron chi connectivity index (χ3n) is 17.3. The van der Waals surface area contributed by atoms with Crippen molar-refractivity contribution >= 4 is 53.4 Å². The molecule has 20 nitrogen and oxygen atoms in total. The first-order valence-electron chi connectivity index (χ1n) is 26.7. The van der Waals surface area contributed by atoms with Crippen molar-refractivity contribution in [3.05, 3.63) is 48.6 Å². The molecule has 2 aliphatic carbocycles. The van der Waals surface area contributed by atoms with E-state index in [1.54, 1.807) is 20.8 Å². The molecule has 10 aliphatic heterocycles. The summed E-state index contributed by atoms with van der Waals surface area (Å²) in [6, 6.07) is 0. The van der Waals surface area contributed by atoms with Crippen molar-refractivity contribution in [3.8, 4) is 0 Å². The van der Waals surface area contributed by atoms with E-state index in [1.807, 2.05) is 13.8 Å². The number of hydrogen-bond donors (Lipinski definition) is 0. The summed E-state index contributed by atoms with van der Waals surface area (Å²) in [6.45, 7) is 24.6. The van der Waals surface area contributed by atoms with Gasteiger partial charge >= 0.3 is 41.8 Å². The molecule has 10 heterocycles. The molecule has 0 aromatic carbocycles. The third-order valence-corrected chi connectivity index (χ3v) is 17.3. The number of esters is 7. The van der Waals surface area contributed by atoms with E-state index >= 15 is 0 Å². The second kappa shape index (κ2) is 22.0. The molecule has 76 heavy (non-hydrogen) atoms. The van der Waals surface area contributed by atoms with E-state index in [4.69, 9.17) is 52.1 Å². The van der Waals surface area contributed by atoms with Crippen molar-refractivity contribution in [1.29, 1.82) is 0 Å². The Hall–Kier alpha value is -5.57. The van der Waals surface area contributed by atoms with Crippen LogP contribution in [-0.4, -0.2) is 146 Å². The quantitative estimate of drug-likeness (QED) is 0.119. The van der Waals surface area contributed by atoms with Crippen LogP contribution in [0.4, 0.5) is 0 Å². The van der Waals surface area contributed by atoms with Gasteiger partial charge in [-0.05, 0) is 104 Å². The summed E-state index contributed by atoms with van der Waals surface area (Å²) in [5.74, 6) is -0.452. The van der Waals surface area contributed by atoms with E-state index in [2.05, 4.69) is 26.3 Å². The number of carbonyl (C=O) groups is 9. The molecule has 414 valence electrons. The number of ether oxygens (including phenoxy) is 11. The molecule has 12 aliphatic rings. The Kier molecular flexibility index (Phi) is 16.0. The zero-order chi connectivity index (χ0) is 54.8. The summed E-state index contributed by atoms with van der Waals surface area (Å²) in [7, 11) is 0. The molecule has 20 heteroatoms. The van der Waals surface area contributed by atoms with Gasteiger partial charge in [0.05, 0.1) is 73.5 Å². The van der Waals surface area contributed by atoms with E-state index in [0.717, 1.165) is 25.7 Å². The molecule has 22 atom stereocenters. The molecule has 0 N–H and O–H groups in total. The SMILES string of the molecule is C=C(C)C(=O)OC(C)C1C2CC3C(=O)OC1C3O2.C=C(C)C(=O)OC(C)CC1C2CC3C(=O)CC1C3O2.C=C(C)C(=O)OCCC(=O)OC1C2CC3C(=O)OC1C3O2.C=C(C)C(=O)OCCC1C2CC3C(=O)CC1C3O2. The Balaban J connectivity index is 0.000000124. The molecule has 10 saturated heterocycles. The summed E-state index contributed by atoms with van der Waals surface area (Å²) in [5.41, 5.74) is 1.49. The highest BCUT2D eigenvalue weighted by molar-refractivity contribution is 5.89. The van der Waals surface area contributed by atoms with Gasteiger partial charge in [0.1, 0.15) is 42.6 Å². The zero-order valence-electron chi connectivity index (χ0n) is 44.0. The van der Waals surface area contributed by atoms with Crippen molar-refractivity contribution in [2.24, 2.45) is 53.3 Å². The second-order valence-electron chi connectivity index (χ2n) is 22.8. The lowest BCUT2D eigenvalue weighted by Gasteiger charge is -2.27. The first kappa shape index (κ1) is 55.2. The standard InChI is InChI=1S/C15H20O4.C14H16O7.C14H18O4.C13H16O5/c1-7(2)15(17)18-8(3)4-9-10-5-12(16)11-6-13(9)19-14(10)11;1-6(2)13(16)18-4-3-9(15)20-11-8-5-7-10(19-8)12(11)21-14(7)17;1-7(2)14(16)17-4-3-8-9-5-11(15)10-6-12(8)18-13(9)10;1-5(2)12(14)16-6(3)9-8-4-7-10(17-8)11(9)18-13(7)15/h8-11,13-14H,1,4-6H2,2-3H3;7-8,10-12H,1,3-5H2,2H3;8-10,12-13H,1,3-6H2,2H3;6-11H,1,4H2,2-3H3. The van der Waals surface area contributed by atoms with Crippen LogP contribution in [0.25, 0.3) is 0 Å². The maximum absolute atomic E-state index is 11.8. The second-order valence-corrected chi connectivity index (χ2v) is 22.8. The minimum atomic E-state index is -0.554. The summed E-state index contributed by atoms with van der Waals surface area (Å²) in [6.07, 6.45) is 3.95. The van der Waals surface area contributed by atoms with Crippen LogP contribution in [0.5, 0.6) is 0 Å². The van der Waals surface area contributed by atoms with E-state index in [-0.39, 0.29) is 139 Å². The lowest BCUT2D eigenvalue weighted by Crippen LogP contribution is -2.40. The highest BCUT2D eigenvalue weighted by atomic mass is 16.7. The highest BCUT2D eigenvalue weighted by Crippen LogP contribution is 2.56. The number of rotatable bonds is 16. The van der Waals surface area contributed by atoms with E-state index in [1.165, 1.54) is 6.92 Å². The Morgan fingerprint density at radius 2 is 1.00 bits per heavy atom. The number of hydrogen-bond acceptors (Lipinski definition) is 20. The van der Waals surface area contributed by atoms with Crippen molar-refractivity contribution < 1.29 is 95.3 Å². The number of fused-ring (bicyclic) bond motifs is 4. The zero-order valence-corrected chi connectivity index (χ0v) is 44.0. The Morgan fingerprint density at radius 3 is 1.58 bits per heavy atom. The topological polar surface area (TPSA) is 255 Å². The molecule has 0 amide bonds. The average molecular weight is 1060 g/mol. The molecule has 0 aromatic rings. The van der Waals surface area contributed by atoms with Gasteiger partial charge in [0.2, 0.25) is 0 Å². The van der Waals surface area contributed by atoms with Gasteiger partial charge in [0.15, 0.2) is 12.2 Å². The minimum Gasteiger partial charge on any atom is -0.462 e. The first-order chi connectivity index (χ1) is 36.0. The smallest absolute Gasteiger partial charge is 0.333 e. The number of Topliss-reactive ketones (excluding diaryl/α,β-unsaturated/α-hetero) is 2. The molecule has 8 bridgehead atoms. The van der Waals surface area contributed by atoms with Gasteiger partial charge in [-0.2, -0.15) is 0 Å². The normalized spacial score (nSPS) is 39.3. The van der Waals surface area contributed by atoms with Crippen LogP contribution in [0.2, 0.25) is 0 Å². The Labute approximate surface area is 441 Å². The summed E-state index contributed by atoms with van der Waals surface area (Å²) >= 11 is 0. The number of carbonyl (C=O) groups excluding carboxylic acids is 9. The predicted octanol–water partition coefficient (Wildman–Crippen LogP) is 4.31. The fourth-order valence-corrected chi connectivity index (χ4v) is 13.8. The van der Waals surface area contributed by atoms with Crippen LogP contribution >= 0.6 is 0 Å².